The number of hydrogen-bond acceptors (Lipinski definition) is 5. The highest BCUT2D eigenvalue weighted by Crippen LogP contribution is 2.17. The van der Waals surface area contributed by atoms with Crippen molar-refractivity contribution in [3.8, 4) is 0 Å². The first-order valence-corrected chi connectivity index (χ1v) is 12.1. The number of furan rings is 1. The van der Waals surface area contributed by atoms with Gasteiger partial charge in [-0.2, -0.15) is 0 Å². The minimum atomic E-state index is -3.28. The Labute approximate surface area is 194 Å². The fourth-order valence-electron chi connectivity index (χ4n) is 3.24. The first kappa shape index (κ1) is 24.2. The van der Waals surface area contributed by atoms with E-state index in [1.165, 1.54) is 4.88 Å². The number of sulfonamides is 1. The number of guanidine groups is 1. The lowest BCUT2D eigenvalue weighted by atomic mass is 10.3. The number of aliphatic imine (C=N–C) groups is 1. The average molecular weight is 553 g/mol. The largest absolute Gasteiger partial charge is 0.469 e. The van der Waals surface area contributed by atoms with E-state index in [0.717, 1.165) is 24.6 Å². The summed E-state index contributed by atoms with van der Waals surface area (Å²) in [6.45, 7) is 4.72. The van der Waals surface area contributed by atoms with E-state index in [4.69, 9.17) is 9.41 Å². The second kappa shape index (κ2) is 11.9. The third kappa shape index (κ3) is 7.26. The maximum absolute atomic E-state index is 12.3. The van der Waals surface area contributed by atoms with Gasteiger partial charge in [0.1, 0.15) is 5.76 Å². The van der Waals surface area contributed by atoms with Crippen LogP contribution in [0.5, 0.6) is 0 Å². The number of hydrogen-bond donors (Lipinski definition) is 2. The van der Waals surface area contributed by atoms with Crippen molar-refractivity contribution in [3.63, 3.8) is 0 Å². The Hall–Kier alpha value is -1.11. The lowest BCUT2D eigenvalue weighted by Gasteiger charge is -2.22. The van der Waals surface area contributed by atoms with E-state index in [9.17, 15) is 8.42 Å². The molecule has 1 fully saturated rings. The van der Waals surface area contributed by atoms with Crippen LogP contribution in [0.15, 0.2) is 45.3 Å². The molecule has 2 aromatic heterocycles. The van der Waals surface area contributed by atoms with Crippen LogP contribution in [0.4, 0.5) is 0 Å². The Balaban J connectivity index is 0.00000300. The molecular weight excluding hydrogens is 523 g/mol. The molecule has 3 heterocycles. The van der Waals surface area contributed by atoms with Gasteiger partial charge in [0, 0.05) is 50.4 Å². The molecule has 0 radical (unpaired) electrons. The van der Waals surface area contributed by atoms with Crippen LogP contribution in [0.25, 0.3) is 0 Å². The highest BCUT2D eigenvalue weighted by molar-refractivity contribution is 14.0. The molecule has 162 valence electrons. The molecule has 1 aliphatic rings. The van der Waals surface area contributed by atoms with E-state index in [1.54, 1.807) is 24.5 Å². The van der Waals surface area contributed by atoms with Gasteiger partial charge in [-0.1, -0.05) is 13.0 Å². The van der Waals surface area contributed by atoms with E-state index in [2.05, 4.69) is 26.4 Å². The summed E-state index contributed by atoms with van der Waals surface area (Å²) in [5, 5.41) is 5.05. The van der Waals surface area contributed by atoms with Gasteiger partial charge in [-0.25, -0.2) is 13.1 Å². The molecular formula is C19H29IN4O3S2. The van der Waals surface area contributed by atoms with E-state index in [-0.39, 0.29) is 24.0 Å². The van der Waals surface area contributed by atoms with Crippen LogP contribution in [0.2, 0.25) is 0 Å². The van der Waals surface area contributed by atoms with Gasteiger partial charge in [-0.3, -0.25) is 4.99 Å². The van der Waals surface area contributed by atoms with Gasteiger partial charge in [0.15, 0.2) is 5.96 Å². The van der Waals surface area contributed by atoms with Crippen molar-refractivity contribution < 1.29 is 12.8 Å². The number of rotatable bonds is 9. The SMILES string of the molecule is CCNS(=O)(=O)C1CCN(C(=NCCc2cccs2)NCCc2ccco2)C1.I. The van der Waals surface area contributed by atoms with Crippen molar-refractivity contribution in [2.24, 2.45) is 4.99 Å². The fraction of sp³-hybridized carbons (Fsp3) is 0.526. The monoisotopic (exact) mass is 552 g/mol. The van der Waals surface area contributed by atoms with Gasteiger partial charge >= 0.3 is 0 Å². The molecule has 1 atom stereocenters. The number of nitrogens with zero attached hydrogens (tertiary/aromatic N) is 2. The first-order chi connectivity index (χ1) is 13.6. The number of nitrogens with one attached hydrogen (secondary N) is 2. The summed E-state index contributed by atoms with van der Waals surface area (Å²) in [6, 6.07) is 7.98. The molecule has 0 aromatic carbocycles. The molecule has 2 aromatic rings. The zero-order valence-corrected chi connectivity index (χ0v) is 20.5. The molecule has 10 heteroatoms. The normalized spacial score (nSPS) is 17.3. The van der Waals surface area contributed by atoms with Crippen LogP contribution >= 0.6 is 35.3 Å². The molecule has 1 aliphatic heterocycles. The molecule has 0 saturated carbocycles. The minimum Gasteiger partial charge on any atom is -0.469 e. The number of halogens is 1. The van der Waals surface area contributed by atoms with E-state index < -0.39 is 15.3 Å². The van der Waals surface area contributed by atoms with E-state index >= 15 is 0 Å². The zero-order chi connectivity index (χ0) is 19.8. The maximum Gasteiger partial charge on any atom is 0.216 e. The molecule has 2 N–H and O–H groups in total. The van der Waals surface area contributed by atoms with Crippen molar-refractivity contribution in [2.75, 3.05) is 32.7 Å². The van der Waals surface area contributed by atoms with Crippen LogP contribution in [-0.2, 0) is 22.9 Å². The summed E-state index contributed by atoms with van der Waals surface area (Å²) in [5.74, 6) is 1.69. The van der Waals surface area contributed by atoms with Crippen LogP contribution in [0.1, 0.15) is 24.0 Å². The summed E-state index contributed by atoms with van der Waals surface area (Å²) >= 11 is 1.73. The quantitative estimate of drug-likeness (QED) is 0.284. The fourth-order valence-corrected chi connectivity index (χ4v) is 5.37. The molecule has 29 heavy (non-hydrogen) atoms. The molecule has 0 aliphatic carbocycles. The summed E-state index contributed by atoms with van der Waals surface area (Å²) in [5.41, 5.74) is 0. The first-order valence-electron chi connectivity index (χ1n) is 9.65. The summed E-state index contributed by atoms with van der Waals surface area (Å²) in [6.07, 6.45) is 3.92. The highest BCUT2D eigenvalue weighted by Gasteiger charge is 2.33. The second-order valence-corrected chi connectivity index (χ2v) is 9.77. The Kier molecular flexibility index (Phi) is 9.93. The molecule has 0 spiro atoms. The lowest BCUT2D eigenvalue weighted by molar-refractivity contribution is 0.478. The second-order valence-electron chi connectivity index (χ2n) is 6.69. The zero-order valence-electron chi connectivity index (χ0n) is 16.5. The molecule has 3 rings (SSSR count). The van der Waals surface area contributed by atoms with E-state index in [0.29, 0.717) is 39.1 Å². The van der Waals surface area contributed by atoms with Crippen LogP contribution in [-0.4, -0.2) is 57.3 Å². The Morgan fingerprint density at radius 3 is 2.90 bits per heavy atom. The van der Waals surface area contributed by atoms with E-state index in [1.807, 2.05) is 18.2 Å². The Bertz CT molecular complexity index is 839. The Morgan fingerprint density at radius 2 is 2.21 bits per heavy atom. The molecule has 0 amide bonds. The number of likely N-dealkylation sites (tertiary alicyclic amines) is 1. The summed E-state index contributed by atoms with van der Waals surface area (Å²) in [4.78, 5) is 8.10. The predicted molar refractivity (Wildman–Crippen MR) is 129 cm³/mol. The molecule has 1 unspecified atom stereocenters. The molecule has 1 saturated heterocycles. The average Bonchev–Trinajstić information content (AvgIpc) is 3.42. The van der Waals surface area contributed by atoms with Crippen molar-refractivity contribution in [1.82, 2.24) is 14.9 Å². The smallest absolute Gasteiger partial charge is 0.216 e. The van der Waals surface area contributed by atoms with Gasteiger partial charge in [0.2, 0.25) is 10.0 Å². The van der Waals surface area contributed by atoms with Crippen molar-refractivity contribution in [1.29, 1.82) is 0 Å². The van der Waals surface area contributed by atoms with Gasteiger partial charge in [0.05, 0.1) is 11.5 Å². The van der Waals surface area contributed by atoms with Crippen LogP contribution < -0.4 is 10.0 Å². The standard InChI is InChI=1S/C19H28N4O3S2.HI/c1-2-22-28(24,25)18-9-12-23(15-18)19(20-10-7-16-5-3-13-26-16)21-11-8-17-6-4-14-27-17;/h3-6,13-14,18,22H,2,7-12,15H2,1H3,(H,20,21);1H. The van der Waals surface area contributed by atoms with Gasteiger partial charge in [-0.05, 0) is 30.0 Å². The predicted octanol–water partition coefficient (Wildman–Crippen LogP) is 2.70. The van der Waals surface area contributed by atoms with Crippen LogP contribution in [0.3, 0.4) is 0 Å². The van der Waals surface area contributed by atoms with Gasteiger partial charge < -0.3 is 14.6 Å². The third-order valence-corrected chi connectivity index (χ3v) is 7.55. The topological polar surface area (TPSA) is 86.9 Å². The molecule has 0 bridgehead atoms. The third-order valence-electron chi connectivity index (χ3n) is 4.66. The van der Waals surface area contributed by atoms with Gasteiger partial charge in [0.25, 0.3) is 0 Å². The van der Waals surface area contributed by atoms with Crippen molar-refractivity contribution >= 4 is 51.3 Å². The van der Waals surface area contributed by atoms with Crippen molar-refractivity contribution in [3.05, 3.63) is 46.5 Å². The minimum absolute atomic E-state index is 0. The summed E-state index contributed by atoms with van der Waals surface area (Å²) in [7, 11) is -3.28. The summed E-state index contributed by atoms with van der Waals surface area (Å²) < 4.78 is 32.7. The lowest BCUT2D eigenvalue weighted by Crippen LogP contribution is -2.43. The Morgan fingerprint density at radius 1 is 1.34 bits per heavy atom. The number of thiophene rings is 1. The van der Waals surface area contributed by atoms with Gasteiger partial charge in [-0.15, -0.1) is 35.3 Å². The highest BCUT2D eigenvalue weighted by atomic mass is 127. The maximum atomic E-state index is 12.3. The van der Waals surface area contributed by atoms with Crippen LogP contribution in [0, 0.1) is 0 Å². The molecule has 7 nitrogen and oxygen atoms in total. The van der Waals surface area contributed by atoms with Crippen molar-refractivity contribution in [2.45, 2.75) is 31.4 Å².